The third-order valence-corrected chi connectivity index (χ3v) is 5.49. The van der Waals surface area contributed by atoms with Crippen molar-refractivity contribution in [3.8, 4) is 16.9 Å². The quantitative estimate of drug-likeness (QED) is 0.321. The number of anilines is 1. The third kappa shape index (κ3) is 4.45. The van der Waals surface area contributed by atoms with Crippen molar-refractivity contribution in [2.75, 3.05) is 11.9 Å². The van der Waals surface area contributed by atoms with Crippen molar-refractivity contribution in [3.63, 3.8) is 0 Å². The molecule has 1 aromatic heterocycles. The number of hydrogen-bond donors (Lipinski definition) is 1. The molecule has 1 amide bonds. The van der Waals surface area contributed by atoms with E-state index < -0.39 is 0 Å². The van der Waals surface area contributed by atoms with E-state index in [-0.39, 0.29) is 5.91 Å². The maximum absolute atomic E-state index is 12.8. The number of carbonyl (C=O) groups excluding carboxylic acids is 1. The van der Waals surface area contributed by atoms with Gasteiger partial charge in [0.05, 0.1) is 12.9 Å². The minimum atomic E-state index is -0.165. The fraction of sp³-hybridized carbons (Fsp3) is 0.179. The summed E-state index contributed by atoms with van der Waals surface area (Å²) in [5.41, 5.74) is 6.49. The van der Waals surface area contributed by atoms with Gasteiger partial charge < -0.3 is 14.5 Å². The summed E-state index contributed by atoms with van der Waals surface area (Å²) in [7, 11) is 0. The summed E-state index contributed by atoms with van der Waals surface area (Å²) >= 11 is 0. The molecule has 3 aromatic carbocycles. The molecule has 0 fully saturated rings. The van der Waals surface area contributed by atoms with Gasteiger partial charge in [0.2, 0.25) is 5.91 Å². The lowest BCUT2D eigenvalue weighted by Crippen LogP contribution is -2.10. The highest BCUT2D eigenvalue weighted by atomic mass is 16.5. The van der Waals surface area contributed by atoms with Crippen LogP contribution in [0.5, 0.6) is 5.75 Å². The zero-order chi connectivity index (χ0) is 22.5. The van der Waals surface area contributed by atoms with Gasteiger partial charge in [0.15, 0.2) is 0 Å². The number of benzene rings is 3. The molecule has 0 aliphatic heterocycles. The van der Waals surface area contributed by atoms with Crippen LogP contribution < -0.4 is 10.1 Å². The first-order valence-corrected chi connectivity index (χ1v) is 10.9. The monoisotopic (exact) mass is 425 g/mol. The normalized spacial score (nSPS) is 11.5. The van der Waals surface area contributed by atoms with Gasteiger partial charge in [-0.25, -0.2) is 0 Å². The number of furan rings is 1. The highest BCUT2D eigenvalue weighted by molar-refractivity contribution is 6.05. The Kier molecular flexibility index (Phi) is 6.41. The fourth-order valence-electron chi connectivity index (χ4n) is 3.87. The van der Waals surface area contributed by atoms with Gasteiger partial charge in [0.25, 0.3) is 0 Å². The Bertz CT molecular complexity index is 1270. The number of amides is 1. The zero-order valence-electron chi connectivity index (χ0n) is 18.6. The van der Waals surface area contributed by atoms with Crippen LogP contribution in [0.4, 0.5) is 5.69 Å². The molecular weight excluding hydrogens is 398 g/mol. The van der Waals surface area contributed by atoms with Crippen molar-refractivity contribution >= 4 is 28.1 Å². The Hall–Kier alpha value is -3.79. The number of carbonyl (C=O) groups is 1. The molecule has 0 saturated carbocycles. The molecule has 32 heavy (non-hydrogen) atoms. The number of ether oxygens (including phenoxy) is 1. The SMILES string of the molecule is CCOc1cc2occ(-c3ccccc3)c2cc1/C(C)=C/C(=O)Nc1ccccc1CC. The van der Waals surface area contributed by atoms with Gasteiger partial charge in [0.1, 0.15) is 11.3 Å². The summed E-state index contributed by atoms with van der Waals surface area (Å²) in [6, 6.07) is 21.9. The number of aryl methyl sites for hydroxylation is 1. The van der Waals surface area contributed by atoms with Crippen LogP contribution in [0.1, 0.15) is 31.9 Å². The minimum Gasteiger partial charge on any atom is -0.493 e. The Balaban J connectivity index is 1.72. The molecule has 0 bridgehead atoms. The van der Waals surface area contributed by atoms with Crippen LogP contribution in [0, 0.1) is 0 Å². The second kappa shape index (κ2) is 9.56. The number of allylic oxidation sites excluding steroid dienone is 1. The molecular formula is C28H27NO3. The second-order valence-corrected chi connectivity index (χ2v) is 7.62. The van der Waals surface area contributed by atoms with Crippen LogP contribution in [-0.4, -0.2) is 12.5 Å². The van der Waals surface area contributed by atoms with Crippen molar-refractivity contribution < 1.29 is 13.9 Å². The summed E-state index contributed by atoms with van der Waals surface area (Å²) in [4.78, 5) is 12.8. The molecule has 4 heteroatoms. The Labute approximate surface area is 188 Å². The minimum absolute atomic E-state index is 0.165. The molecule has 1 N–H and O–H groups in total. The van der Waals surface area contributed by atoms with E-state index in [0.29, 0.717) is 12.4 Å². The smallest absolute Gasteiger partial charge is 0.248 e. The first kappa shape index (κ1) is 21.4. The Morgan fingerprint density at radius 1 is 1.03 bits per heavy atom. The molecule has 162 valence electrons. The highest BCUT2D eigenvalue weighted by Crippen LogP contribution is 2.37. The van der Waals surface area contributed by atoms with Gasteiger partial charge in [0, 0.05) is 34.3 Å². The first-order valence-electron chi connectivity index (χ1n) is 10.9. The molecule has 0 aliphatic rings. The van der Waals surface area contributed by atoms with E-state index in [4.69, 9.17) is 9.15 Å². The van der Waals surface area contributed by atoms with Crippen LogP contribution in [-0.2, 0) is 11.2 Å². The van der Waals surface area contributed by atoms with Gasteiger partial charge in [-0.05, 0) is 49.1 Å². The molecule has 0 radical (unpaired) electrons. The van der Waals surface area contributed by atoms with Crippen molar-refractivity contribution in [2.45, 2.75) is 27.2 Å². The standard InChI is InChI=1S/C28H27NO3/c1-4-20-11-9-10-14-25(20)29-28(30)15-19(3)22-16-23-24(21-12-7-6-8-13-21)18-32-27(23)17-26(22)31-5-2/h6-18H,4-5H2,1-3H3,(H,29,30)/b19-15+. The molecule has 0 atom stereocenters. The van der Waals surface area contributed by atoms with Crippen LogP contribution in [0.15, 0.2) is 83.5 Å². The van der Waals surface area contributed by atoms with Gasteiger partial charge in [-0.3, -0.25) is 4.79 Å². The Morgan fingerprint density at radius 2 is 1.78 bits per heavy atom. The summed E-state index contributed by atoms with van der Waals surface area (Å²) in [5, 5.41) is 3.99. The fourth-order valence-corrected chi connectivity index (χ4v) is 3.87. The van der Waals surface area contributed by atoms with Gasteiger partial charge in [-0.1, -0.05) is 55.5 Å². The average Bonchev–Trinajstić information content (AvgIpc) is 3.22. The molecule has 0 saturated heterocycles. The van der Waals surface area contributed by atoms with Crippen molar-refractivity contribution in [1.82, 2.24) is 0 Å². The molecule has 4 nitrogen and oxygen atoms in total. The lowest BCUT2D eigenvalue weighted by atomic mass is 9.99. The first-order chi connectivity index (χ1) is 15.6. The zero-order valence-corrected chi connectivity index (χ0v) is 18.6. The van der Waals surface area contributed by atoms with E-state index in [2.05, 4.69) is 24.4 Å². The predicted octanol–water partition coefficient (Wildman–Crippen LogP) is 7.10. The number of nitrogens with one attached hydrogen (secondary N) is 1. The maximum atomic E-state index is 12.8. The number of hydrogen-bond acceptors (Lipinski definition) is 3. The summed E-state index contributed by atoms with van der Waals surface area (Å²) in [5.74, 6) is 0.533. The molecule has 4 rings (SSSR count). The van der Waals surface area contributed by atoms with E-state index in [1.54, 1.807) is 12.3 Å². The summed E-state index contributed by atoms with van der Waals surface area (Å²) in [6.45, 7) is 6.47. The van der Waals surface area contributed by atoms with Crippen LogP contribution in [0.25, 0.3) is 27.7 Å². The number of fused-ring (bicyclic) bond motifs is 1. The second-order valence-electron chi connectivity index (χ2n) is 7.62. The molecule has 0 spiro atoms. The van der Waals surface area contributed by atoms with Crippen molar-refractivity contribution in [1.29, 1.82) is 0 Å². The molecule has 1 heterocycles. The van der Waals surface area contributed by atoms with E-state index in [0.717, 1.165) is 50.9 Å². The molecule has 4 aromatic rings. The van der Waals surface area contributed by atoms with Crippen molar-refractivity contribution in [2.24, 2.45) is 0 Å². The molecule has 0 unspecified atom stereocenters. The van der Waals surface area contributed by atoms with Crippen LogP contribution >= 0.6 is 0 Å². The lowest BCUT2D eigenvalue weighted by molar-refractivity contribution is -0.111. The predicted molar refractivity (Wildman–Crippen MR) is 131 cm³/mol. The average molecular weight is 426 g/mol. The van der Waals surface area contributed by atoms with Crippen LogP contribution in [0.3, 0.4) is 0 Å². The van der Waals surface area contributed by atoms with E-state index >= 15 is 0 Å². The van der Waals surface area contributed by atoms with E-state index in [9.17, 15) is 4.79 Å². The van der Waals surface area contributed by atoms with Crippen molar-refractivity contribution in [3.05, 3.63) is 90.2 Å². The highest BCUT2D eigenvalue weighted by Gasteiger charge is 2.15. The number of rotatable bonds is 7. The Morgan fingerprint density at radius 3 is 2.53 bits per heavy atom. The van der Waals surface area contributed by atoms with Crippen LogP contribution in [0.2, 0.25) is 0 Å². The topological polar surface area (TPSA) is 51.5 Å². The summed E-state index contributed by atoms with van der Waals surface area (Å²) < 4.78 is 11.7. The lowest BCUT2D eigenvalue weighted by Gasteiger charge is -2.12. The van der Waals surface area contributed by atoms with E-state index in [1.165, 1.54) is 0 Å². The molecule has 0 aliphatic carbocycles. The summed E-state index contributed by atoms with van der Waals surface area (Å²) in [6.07, 6.45) is 4.25. The van der Waals surface area contributed by atoms with Gasteiger partial charge >= 0.3 is 0 Å². The van der Waals surface area contributed by atoms with Gasteiger partial charge in [-0.2, -0.15) is 0 Å². The van der Waals surface area contributed by atoms with Gasteiger partial charge in [-0.15, -0.1) is 0 Å². The van der Waals surface area contributed by atoms with E-state index in [1.807, 2.05) is 68.4 Å². The largest absolute Gasteiger partial charge is 0.493 e. The number of para-hydroxylation sites is 1. The maximum Gasteiger partial charge on any atom is 0.248 e. The third-order valence-electron chi connectivity index (χ3n) is 5.49.